The Hall–Kier alpha value is -3.01. The normalized spacial score (nSPS) is 13.4. The third-order valence-electron chi connectivity index (χ3n) is 3.41. The molecule has 0 saturated heterocycles. The van der Waals surface area contributed by atoms with Crippen LogP contribution in [-0.4, -0.2) is 17.5 Å². The fourth-order valence-corrected chi connectivity index (χ4v) is 2.22. The van der Waals surface area contributed by atoms with Gasteiger partial charge in [-0.3, -0.25) is 9.59 Å². The summed E-state index contributed by atoms with van der Waals surface area (Å²) in [5, 5.41) is 0. The fourth-order valence-electron chi connectivity index (χ4n) is 2.22. The first-order chi connectivity index (χ1) is 10.6. The zero-order valence-corrected chi connectivity index (χ0v) is 11.8. The minimum absolute atomic E-state index is 0.241. The number of esters is 1. The Morgan fingerprint density at radius 3 is 2.23 bits per heavy atom. The van der Waals surface area contributed by atoms with E-state index in [1.165, 1.54) is 0 Å². The van der Waals surface area contributed by atoms with E-state index in [4.69, 9.17) is 4.74 Å². The van der Waals surface area contributed by atoms with Crippen LogP contribution < -0.4 is 0 Å². The van der Waals surface area contributed by atoms with Crippen molar-refractivity contribution in [3.05, 3.63) is 82.6 Å². The van der Waals surface area contributed by atoms with Gasteiger partial charge in [0, 0.05) is 17.2 Å². The van der Waals surface area contributed by atoms with Crippen LogP contribution in [0.1, 0.15) is 36.6 Å². The first-order valence-corrected chi connectivity index (χ1v) is 6.75. The molecule has 0 aromatic heterocycles. The quantitative estimate of drug-likeness (QED) is 0.798. The Bertz CT molecular complexity index is 813. The summed E-state index contributed by atoms with van der Waals surface area (Å²) in [6.07, 6.45) is 1.07. The van der Waals surface area contributed by atoms with E-state index in [9.17, 15) is 14.4 Å². The van der Waals surface area contributed by atoms with E-state index in [0.717, 1.165) is 11.6 Å². The molecule has 2 aromatic carbocycles. The number of aryl methyl sites for hydroxylation is 1. The van der Waals surface area contributed by atoms with Crippen LogP contribution in [0.4, 0.5) is 0 Å². The first kappa shape index (κ1) is 13.9. The topological polar surface area (TPSA) is 60.4 Å². The molecule has 0 amide bonds. The number of ketones is 2. The zero-order chi connectivity index (χ0) is 15.7. The molecule has 3 rings (SSSR count). The van der Waals surface area contributed by atoms with E-state index in [1.54, 1.807) is 48.5 Å². The minimum Gasteiger partial charge on any atom is -0.419 e. The van der Waals surface area contributed by atoms with Crippen molar-refractivity contribution < 1.29 is 19.1 Å². The Balaban J connectivity index is 1.87. The van der Waals surface area contributed by atoms with Crippen molar-refractivity contribution in [3.8, 4) is 0 Å². The zero-order valence-electron chi connectivity index (χ0n) is 11.8. The van der Waals surface area contributed by atoms with Gasteiger partial charge in [0.25, 0.3) is 0 Å². The lowest BCUT2D eigenvalue weighted by atomic mass is 9.94. The summed E-state index contributed by atoms with van der Waals surface area (Å²) in [7, 11) is 0. The molecule has 0 fully saturated rings. The summed E-state index contributed by atoms with van der Waals surface area (Å²) in [4.78, 5) is 36.3. The summed E-state index contributed by atoms with van der Waals surface area (Å²) < 4.78 is 5.11. The molecule has 0 saturated carbocycles. The van der Waals surface area contributed by atoms with Gasteiger partial charge in [-0.25, -0.2) is 4.79 Å². The summed E-state index contributed by atoms with van der Waals surface area (Å²) in [5.41, 5.74) is 1.91. The molecule has 4 nitrogen and oxygen atoms in total. The van der Waals surface area contributed by atoms with Crippen LogP contribution in [0.3, 0.4) is 0 Å². The number of carbonyl (C=O) groups excluding carboxylic acids is 3. The molecule has 0 atom stereocenters. The number of rotatable bonds is 2. The van der Waals surface area contributed by atoms with E-state index in [2.05, 4.69) is 0 Å². The van der Waals surface area contributed by atoms with Crippen LogP contribution >= 0.6 is 0 Å². The molecule has 22 heavy (non-hydrogen) atoms. The number of ether oxygens (including phenoxy) is 1. The molecule has 1 aliphatic rings. The molecule has 0 aliphatic heterocycles. The van der Waals surface area contributed by atoms with Crippen LogP contribution in [-0.2, 0) is 4.74 Å². The van der Waals surface area contributed by atoms with E-state index in [0.29, 0.717) is 11.1 Å². The Kier molecular flexibility index (Phi) is 3.43. The van der Waals surface area contributed by atoms with Gasteiger partial charge in [0.15, 0.2) is 11.5 Å². The van der Waals surface area contributed by atoms with E-state index in [1.807, 2.05) is 6.92 Å². The maximum absolute atomic E-state index is 12.3. The van der Waals surface area contributed by atoms with Gasteiger partial charge in [-0.15, -0.1) is 0 Å². The molecule has 1 aliphatic carbocycles. The number of Topliss-reactive ketones (excluding diaryl/α,β-unsaturated/α-hetero) is 1. The van der Waals surface area contributed by atoms with Crippen molar-refractivity contribution in [1.29, 1.82) is 0 Å². The molecule has 0 unspecified atom stereocenters. The van der Waals surface area contributed by atoms with Gasteiger partial charge < -0.3 is 4.74 Å². The summed E-state index contributed by atoms with van der Waals surface area (Å²) in [6, 6.07) is 13.2. The van der Waals surface area contributed by atoms with Gasteiger partial charge in [0.05, 0.1) is 5.56 Å². The fraction of sp³-hybridized carbons (Fsp3) is 0.0556. The van der Waals surface area contributed by atoms with Crippen LogP contribution in [0.5, 0.6) is 0 Å². The monoisotopic (exact) mass is 292 g/mol. The highest BCUT2D eigenvalue weighted by atomic mass is 16.5. The number of fused-ring (bicyclic) bond motifs is 1. The number of carbonyl (C=O) groups is 3. The number of allylic oxidation sites excluding steroid dienone is 2. The molecule has 0 spiro atoms. The smallest absolute Gasteiger partial charge is 0.343 e. The van der Waals surface area contributed by atoms with Gasteiger partial charge in [-0.2, -0.15) is 0 Å². The third-order valence-corrected chi connectivity index (χ3v) is 3.41. The highest BCUT2D eigenvalue weighted by Crippen LogP contribution is 2.22. The molecule has 4 heteroatoms. The lowest BCUT2D eigenvalue weighted by molar-refractivity contribution is 0.0585. The van der Waals surface area contributed by atoms with Crippen molar-refractivity contribution in [2.75, 3.05) is 0 Å². The van der Waals surface area contributed by atoms with Crippen LogP contribution in [0.25, 0.3) is 0 Å². The molecule has 2 aromatic rings. The van der Waals surface area contributed by atoms with Crippen LogP contribution in [0, 0.1) is 6.92 Å². The highest BCUT2D eigenvalue weighted by molar-refractivity contribution is 6.24. The predicted octanol–water partition coefficient (Wildman–Crippen LogP) is 3.11. The first-order valence-electron chi connectivity index (χ1n) is 6.75. The van der Waals surface area contributed by atoms with Gasteiger partial charge >= 0.3 is 5.97 Å². The summed E-state index contributed by atoms with van der Waals surface area (Å²) in [5.74, 6) is -1.71. The molecule has 0 radical (unpaired) electrons. The Morgan fingerprint density at radius 2 is 1.55 bits per heavy atom. The number of hydrogen-bond donors (Lipinski definition) is 0. The van der Waals surface area contributed by atoms with Gasteiger partial charge in [-0.1, -0.05) is 42.0 Å². The van der Waals surface area contributed by atoms with Crippen LogP contribution in [0.15, 0.2) is 60.4 Å². The number of hydrogen-bond acceptors (Lipinski definition) is 4. The molecule has 0 bridgehead atoms. The van der Waals surface area contributed by atoms with Crippen molar-refractivity contribution in [2.45, 2.75) is 6.92 Å². The number of benzene rings is 2. The molecular formula is C18H12O4. The minimum atomic E-state index is -0.660. The molecule has 108 valence electrons. The lowest BCUT2D eigenvalue weighted by Gasteiger charge is -2.14. The predicted molar refractivity (Wildman–Crippen MR) is 79.8 cm³/mol. The maximum Gasteiger partial charge on any atom is 0.343 e. The average molecular weight is 292 g/mol. The maximum atomic E-state index is 12.3. The van der Waals surface area contributed by atoms with Crippen LogP contribution in [0.2, 0.25) is 0 Å². The Labute approximate surface area is 127 Å². The second kappa shape index (κ2) is 5.41. The SMILES string of the molecule is Cc1ccc(C(=O)OC2=CC(=O)c3ccccc3C2=O)cc1. The Morgan fingerprint density at radius 1 is 0.909 bits per heavy atom. The van der Waals surface area contributed by atoms with Crippen molar-refractivity contribution in [1.82, 2.24) is 0 Å². The summed E-state index contributed by atoms with van der Waals surface area (Å²) in [6.45, 7) is 1.90. The standard InChI is InChI=1S/C18H12O4/c1-11-6-8-12(9-7-11)18(21)22-16-10-15(19)13-4-2-3-5-14(13)17(16)20/h2-10H,1H3. The highest BCUT2D eigenvalue weighted by Gasteiger charge is 2.28. The molecule has 0 N–H and O–H groups in total. The van der Waals surface area contributed by atoms with Gasteiger partial charge in [-0.05, 0) is 19.1 Å². The van der Waals surface area contributed by atoms with Gasteiger partial charge in [0.1, 0.15) is 0 Å². The van der Waals surface area contributed by atoms with E-state index in [-0.39, 0.29) is 17.1 Å². The second-order valence-electron chi connectivity index (χ2n) is 5.00. The molecular weight excluding hydrogens is 280 g/mol. The van der Waals surface area contributed by atoms with Crippen molar-refractivity contribution in [3.63, 3.8) is 0 Å². The van der Waals surface area contributed by atoms with E-state index >= 15 is 0 Å². The largest absolute Gasteiger partial charge is 0.419 e. The average Bonchev–Trinajstić information content (AvgIpc) is 2.53. The van der Waals surface area contributed by atoms with Crippen molar-refractivity contribution in [2.24, 2.45) is 0 Å². The van der Waals surface area contributed by atoms with E-state index < -0.39 is 11.8 Å². The second-order valence-corrected chi connectivity index (χ2v) is 5.00. The molecule has 0 heterocycles. The van der Waals surface area contributed by atoms with Gasteiger partial charge in [0.2, 0.25) is 5.78 Å². The lowest BCUT2D eigenvalue weighted by Crippen LogP contribution is -2.20. The van der Waals surface area contributed by atoms with Crippen molar-refractivity contribution >= 4 is 17.5 Å². The third kappa shape index (κ3) is 2.46. The summed E-state index contributed by atoms with van der Waals surface area (Å²) >= 11 is 0.